The second-order valence-corrected chi connectivity index (χ2v) is 10.9. The predicted octanol–water partition coefficient (Wildman–Crippen LogP) is 1.98. The third-order valence-corrected chi connectivity index (χ3v) is 8.05. The summed E-state index contributed by atoms with van der Waals surface area (Å²) in [4.78, 5) is 12.0. The zero-order chi connectivity index (χ0) is 19.9. The van der Waals surface area contributed by atoms with Crippen molar-refractivity contribution in [2.75, 3.05) is 17.6 Å². The van der Waals surface area contributed by atoms with E-state index in [1.807, 2.05) is 0 Å². The molecule has 0 saturated heterocycles. The van der Waals surface area contributed by atoms with Crippen molar-refractivity contribution in [3.63, 3.8) is 0 Å². The van der Waals surface area contributed by atoms with Gasteiger partial charge < -0.3 is 5.32 Å². The van der Waals surface area contributed by atoms with Crippen molar-refractivity contribution in [2.45, 2.75) is 43.1 Å². The summed E-state index contributed by atoms with van der Waals surface area (Å²) in [5.41, 5.74) is 1.08. The second-order valence-electron chi connectivity index (χ2n) is 6.66. The molecule has 1 aliphatic rings. The molecule has 0 bridgehead atoms. The summed E-state index contributed by atoms with van der Waals surface area (Å²) in [5, 5.41) is 2.34. The maximum atomic E-state index is 12.2. The van der Waals surface area contributed by atoms with Gasteiger partial charge in [0.15, 0.2) is 9.84 Å². The fraction of sp³-hybridized carbons (Fsp3) is 0.500. The Morgan fingerprint density at radius 3 is 2.33 bits per heavy atom. The van der Waals surface area contributed by atoms with Gasteiger partial charge in [0.05, 0.1) is 16.8 Å². The molecule has 1 aromatic rings. The van der Waals surface area contributed by atoms with Gasteiger partial charge >= 0.3 is 0 Å². The minimum absolute atomic E-state index is 0.0829. The lowest BCUT2D eigenvalue weighted by atomic mass is 10.2. The van der Waals surface area contributed by atoms with Crippen LogP contribution < -0.4 is 10.0 Å². The number of nitrogens with one attached hydrogen (secondary N) is 2. The molecule has 27 heavy (non-hydrogen) atoms. The van der Waals surface area contributed by atoms with Gasteiger partial charge in [0.1, 0.15) is 0 Å². The van der Waals surface area contributed by atoms with Crippen molar-refractivity contribution in [1.82, 2.24) is 4.72 Å². The molecule has 0 unspecified atom stereocenters. The Bertz CT molecular complexity index is 856. The first kappa shape index (κ1) is 21.6. The van der Waals surface area contributed by atoms with Crippen LogP contribution in [0.3, 0.4) is 0 Å². The molecule has 0 heterocycles. The summed E-state index contributed by atoms with van der Waals surface area (Å²) >= 11 is 0. The van der Waals surface area contributed by atoms with Gasteiger partial charge in [-0.05, 0) is 30.5 Å². The Labute approximate surface area is 161 Å². The van der Waals surface area contributed by atoms with Crippen LogP contribution >= 0.6 is 0 Å². The molecule has 0 radical (unpaired) electrons. The number of hydrogen-bond donors (Lipinski definition) is 2. The van der Waals surface area contributed by atoms with Gasteiger partial charge in [-0.2, -0.15) is 0 Å². The molecule has 1 aliphatic carbocycles. The summed E-state index contributed by atoms with van der Waals surface area (Å²) in [6, 6.07) is 6.42. The maximum Gasteiger partial charge on any atom is 0.225 e. The number of anilines is 1. The van der Waals surface area contributed by atoms with Crippen LogP contribution in [0.4, 0.5) is 5.69 Å². The van der Waals surface area contributed by atoms with Crippen LogP contribution in [0.1, 0.15) is 37.7 Å². The molecule has 0 aliphatic heterocycles. The smallest absolute Gasteiger partial charge is 0.225 e. The lowest BCUT2D eigenvalue weighted by molar-refractivity contribution is -0.115. The van der Waals surface area contributed by atoms with Gasteiger partial charge in [0.2, 0.25) is 15.9 Å². The quantitative estimate of drug-likeness (QED) is 0.569. The summed E-state index contributed by atoms with van der Waals surface area (Å²) < 4.78 is 50.4. The Morgan fingerprint density at radius 2 is 1.74 bits per heavy atom. The number of benzene rings is 1. The van der Waals surface area contributed by atoms with Crippen LogP contribution in [0.2, 0.25) is 0 Å². The highest BCUT2D eigenvalue weighted by molar-refractivity contribution is 7.92. The van der Waals surface area contributed by atoms with Crippen LogP contribution in [0.25, 0.3) is 0 Å². The van der Waals surface area contributed by atoms with E-state index in [1.165, 1.54) is 6.08 Å². The van der Waals surface area contributed by atoms with Crippen molar-refractivity contribution >= 4 is 31.5 Å². The average Bonchev–Trinajstić information content (AvgIpc) is 3.15. The third kappa shape index (κ3) is 7.08. The molecule has 2 N–H and O–H groups in total. The number of sulfone groups is 1. The topological polar surface area (TPSA) is 109 Å². The van der Waals surface area contributed by atoms with Crippen LogP contribution in [0.5, 0.6) is 0 Å². The SMILES string of the molecule is C=CCNS(=O)(=O)Cc1ccc(NC(=O)CCS(=O)(=O)C2CCCC2)cc1. The molecule has 150 valence electrons. The Hall–Kier alpha value is -1.71. The van der Waals surface area contributed by atoms with Crippen molar-refractivity contribution < 1.29 is 21.6 Å². The molecule has 0 spiro atoms. The van der Waals surface area contributed by atoms with Crippen molar-refractivity contribution in [1.29, 1.82) is 0 Å². The van der Waals surface area contributed by atoms with Gasteiger partial charge in [-0.3, -0.25) is 4.79 Å². The van der Waals surface area contributed by atoms with Gasteiger partial charge in [-0.25, -0.2) is 21.6 Å². The second kappa shape index (κ2) is 9.48. The minimum atomic E-state index is -3.44. The van der Waals surface area contributed by atoms with Gasteiger partial charge in [-0.15, -0.1) is 6.58 Å². The Kier molecular flexibility index (Phi) is 7.58. The first-order chi connectivity index (χ1) is 12.7. The predicted molar refractivity (Wildman–Crippen MR) is 107 cm³/mol. The zero-order valence-electron chi connectivity index (χ0n) is 15.2. The fourth-order valence-corrected chi connectivity index (χ4v) is 5.97. The molecular weight excluding hydrogens is 388 g/mol. The van der Waals surface area contributed by atoms with E-state index in [1.54, 1.807) is 24.3 Å². The molecule has 1 fully saturated rings. The number of rotatable bonds is 10. The van der Waals surface area contributed by atoms with Gasteiger partial charge in [-0.1, -0.05) is 31.1 Å². The Morgan fingerprint density at radius 1 is 1.11 bits per heavy atom. The lowest BCUT2D eigenvalue weighted by Crippen LogP contribution is -2.25. The van der Waals surface area contributed by atoms with E-state index in [2.05, 4.69) is 16.6 Å². The molecule has 2 rings (SSSR count). The molecular formula is C18H26N2O5S2. The molecule has 1 amide bonds. The first-order valence-corrected chi connectivity index (χ1v) is 12.3. The largest absolute Gasteiger partial charge is 0.326 e. The number of carbonyl (C=O) groups excluding carboxylic acids is 1. The third-order valence-electron chi connectivity index (χ3n) is 4.47. The molecule has 9 heteroatoms. The van der Waals surface area contributed by atoms with Crippen LogP contribution in [-0.2, 0) is 30.4 Å². The fourth-order valence-electron chi connectivity index (χ4n) is 3.01. The average molecular weight is 415 g/mol. The first-order valence-electron chi connectivity index (χ1n) is 8.90. The van der Waals surface area contributed by atoms with E-state index in [0.717, 1.165) is 12.8 Å². The van der Waals surface area contributed by atoms with Crippen LogP contribution in [-0.4, -0.2) is 40.3 Å². The summed E-state index contributed by atoms with van der Waals surface area (Å²) in [5.74, 6) is -0.687. The number of hydrogen-bond acceptors (Lipinski definition) is 5. The van der Waals surface area contributed by atoms with E-state index < -0.39 is 19.9 Å². The van der Waals surface area contributed by atoms with Crippen molar-refractivity contribution in [2.24, 2.45) is 0 Å². The van der Waals surface area contributed by atoms with E-state index >= 15 is 0 Å². The highest BCUT2D eigenvalue weighted by atomic mass is 32.2. The normalized spacial score (nSPS) is 15.6. The summed E-state index contributed by atoms with van der Waals surface area (Å²) in [6.45, 7) is 3.62. The summed E-state index contributed by atoms with van der Waals surface area (Å²) in [6.07, 6.45) is 4.62. The molecule has 0 aromatic heterocycles. The van der Waals surface area contributed by atoms with Crippen LogP contribution in [0.15, 0.2) is 36.9 Å². The van der Waals surface area contributed by atoms with Gasteiger partial charge in [0, 0.05) is 18.7 Å². The van der Waals surface area contributed by atoms with E-state index in [-0.39, 0.29) is 35.6 Å². The van der Waals surface area contributed by atoms with Crippen molar-refractivity contribution in [3.8, 4) is 0 Å². The minimum Gasteiger partial charge on any atom is -0.326 e. The zero-order valence-corrected chi connectivity index (χ0v) is 16.8. The van der Waals surface area contributed by atoms with Crippen LogP contribution in [0, 0.1) is 0 Å². The van der Waals surface area contributed by atoms with E-state index in [9.17, 15) is 21.6 Å². The summed E-state index contributed by atoms with van der Waals surface area (Å²) in [7, 11) is -6.66. The number of sulfonamides is 1. The monoisotopic (exact) mass is 414 g/mol. The Balaban J connectivity index is 1.85. The molecule has 1 saturated carbocycles. The van der Waals surface area contributed by atoms with E-state index in [0.29, 0.717) is 24.1 Å². The molecule has 0 atom stereocenters. The lowest BCUT2D eigenvalue weighted by Gasteiger charge is -2.11. The molecule has 7 nitrogen and oxygen atoms in total. The standard InChI is InChI=1S/C18H26N2O5S2/c1-2-12-19-27(24,25)14-15-7-9-16(10-8-15)20-18(21)11-13-26(22,23)17-5-3-4-6-17/h2,7-10,17,19H,1,3-6,11-14H2,(H,20,21). The highest BCUT2D eigenvalue weighted by Gasteiger charge is 2.28. The van der Waals surface area contributed by atoms with Gasteiger partial charge in [0.25, 0.3) is 0 Å². The maximum absolute atomic E-state index is 12.2. The number of amides is 1. The van der Waals surface area contributed by atoms with Crippen molar-refractivity contribution in [3.05, 3.63) is 42.5 Å². The number of carbonyl (C=O) groups is 1. The highest BCUT2D eigenvalue weighted by Crippen LogP contribution is 2.25. The van der Waals surface area contributed by atoms with E-state index in [4.69, 9.17) is 0 Å². The molecule has 1 aromatic carbocycles.